The lowest BCUT2D eigenvalue weighted by molar-refractivity contribution is -0.119. The number of hydrogen-bond donors (Lipinski definition) is 1. The Balaban J connectivity index is 1.71. The summed E-state index contributed by atoms with van der Waals surface area (Å²) in [6.07, 6.45) is 0.713. The Morgan fingerprint density at radius 1 is 1.55 bits per heavy atom. The first kappa shape index (κ1) is 15.3. The molecule has 6 nitrogen and oxygen atoms in total. The van der Waals surface area contributed by atoms with Crippen molar-refractivity contribution in [3.63, 3.8) is 0 Å². The molecule has 1 unspecified atom stereocenters. The predicted octanol–water partition coefficient (Wildman–Crippen LogP) is 3.58. The van der Waals surface area contributed by atoms with Crippen molar-refractivity contribution in [3.8, 4) is 5.75 Å². The molecule has 0 bridgehead atoms. The molecule has 22 heavy (non-hydrogen) atoms. The van der Waals surface area contributed by atoms with Gasteiger partial charge in [0.2, 0.25) is 17.6 Å². The first-order valence-electron chi connectivity index (χ1n) is 6.77. The second-order valence-electron chi connectivity index (χ2n) is 4.98. The average Bonchev–Trinajstić information content (AvgIpc) is 3.10. The van der Waals surface area contributed by atoms with Crippen molar-refractivity contribution in [3.05, 3.63) is 39.4 Å². The van der Waals surface area contributed by atoms with Crippen LogP contribution in [-0.4, -0.2) is 16.0 Å². The van der Waals surface area contributed by atoms with Crippen molar-refractivity contribution in [2.45, 2.75) is 31.9 Å². The smallest absolute Gasteiger partial charge is 0.249 e. The number of halogens is 2. The largest absolute Gasteiger partial charge is 0.481 e. The van der Waals surface area contributed by atoms with Crippen LogP contribution in [0.15, 0.2) is 27.2 Å². The molecule has 1 aliphatic rings. The summed E-state index contributed by atoms with van der Waals surface area (Å²) < 4.78 is 11.8. The van der Waals surface area contributed by atoms with Crippen molar-refractivity contribution in [1.29, 1.82) is 0 Å². The minimum Gasteiger partial charge on any atom is -0.481 e. The summed E-state index contributed by atoms with van der Waals surface area (Å²) in [6, 6.07) is 5.14. The van der Waals surface area contributed by atoms with E-state index in [9.17, 15) is 4.79 Å². The molecule has 0 saturated carbocycles. The van der Waals surface area contributed by atoms with E-state index >= 15 is 0 Å². The molecule has 1 aromatic carbocycles. The van der Waals surface area contributed by atoms with Gasteiger partial charge in [-0.1, -0.05) is 32.7 Å². The monoisotopic (exact) mass is 385 g/mol. The van der Waals surface area contributed by atoms with E-state index in [-0.39, 0.29) is 11.9 Å². The Morgan fingerprint density at radius 3 is 3.05 bits per heavy atom. The number of benzene rings is 1. The maximum atomic E-state index is 11.2. The van der Waals surface area contributed by atoms with E-state index in [2.05, 4.69) is 31.4 Å². The van der Waals surface area contributed by atoms with Crippen molar-refractivity contribution < 1.29 is 14.1 Å². The minimum atomic E-state index is -0.423. The first-order valence-corrected chi connectivity index (χ1v) is 7.94. The molecule has 1 aromatic heterocycles. The molecule has 116 valence electrons. The van der Waals surface area contributed by atoms with Crippen molar-refractivity contribution in [2.75, 3.05) is 0 Å². The Hall–Kier alpha value is -1.60. The summed E-state index contributed by atoms with van der Waals surface area (Å²) >= 11 is 9.46. The zero-order valence-corrected chi connectivity index (χ0v) is 14.0. The van der Waals surface area contributed by atoms with Gasteiger partial charge in [-0.15, -0.1) is 0 Å². The second kappa shape index (κ2) is 6.26. The third kappa shape index (κ3) is 3.25. The summed E-state index contributed by atoms with van der Waals surface area (Å²) in [5, 5.41) is 7.19. The highest BCUT2D eigenvalue weighted by Crippen LogP contribution is 2.31. The van der Waals surface area contributed by atoms with Gasteiger partial charge in [0, 0.05) is 10.9 Å². The molecule has 8 heteroatoms. The maximum Gasteiger partial charge on any atom is 0.249 e. The minimum absolute atomic E-state index is 0.00399. The molecule has 2 heterocycles. The number of nitrogens with one attached hydrogen (secondary N) is 1. The quantitative estimate of drug-likeness (QED) is 0.869. The van der Waals surface area contributed by atoms with Crippen LogP contribution in [0.4, 0.5) is 0 Å². The Labute approximate surface area is 140 Å². The van der Waals surface area contributed by atoms with Gasteiger partial charge in [0.25, 0.3) is 0 Å². The van der Waals surface area contributed by atoms with Gasteiger partial charge < -0.3 is 14.6 Å². The fourth-order valence-electron chi connectivity index (χ4n) is 2.17. The van der Waals surface area contributed by atoms with Crippen molar-refractivity contribution >= 4 is 33.4 Å². The zero-order valence-electron chi connectivity index (χ0n) is 11.7. The van der Waals surface area contributed by atoms with Crippen LogP contribution in [0.1, 0.15) is 43.6 Å². The van der Waals surface area contributed by atoms with Crippen LogP contribution in [0.2, 0.25) is 5.02 Å². The van der Waals surface area contributed by atoms with E-state index in [1.807, 2.05) is 6.07 Å². The highest BCUT2D eigenvalue weighted by molar-refractivity contribution is 9.10. The summed E-state index contributed by atoms with van der Waals surface area (Å²) in [6.45, 7) is 1.81. The van der Waals surface area contributed by atoms with Crippen molar-refractivity contribution in [2.24, 2.45) is 0 Å². The van der Waals surface area contributed by atoms with Crippen LogP contribution >= 0.6 is 27.5 Å². The molecule has 1 saturated heterocycles. The van der Waals surface area contributed by atoms with Crippen LogP contribution < -0.4 is 10.1 Å². The maximum absolute atomic E-state index is 11.2. The first-order chi connectivity index (χ1) is 10.5. The van der Waals surface area contributed by atoms with Gasteiger partial charge in [-0.05, 0) is 31.5 Å². The highest BCUT2D eigenvalue weighted by Gasteiger charge is 2.28. The van der Waals surface area contributed by atoms with Crippen LogP contribution in [0, 0.1) is 0 Å². The van der Waals surface area contributed by atoms with E-state index in [1.165, 1.54) is 0 Å². The molecular formula is C14H13BrClN3O3. The van der Waals surface area contributed by atoms with E-state index < -0.39 is 6.10 Å². The SMILES string of the molecule is CC(Oc1ccc(Br)cc1Cl)c1noc([C@@H]2CCC(=O)N2)n1. The number of ether oxygens (including phenoxy) is 1. The van der Waals surface area contributed by atoms with Gasteiger partial charge in [-0.3, -0.25) is 4.79 Å². The lowest BCUT2D eigenvalue weighted by Crippen LogP contribution is -2.18. The number of rotatable bonds is 4. The number of carbonyl (C=O) groups is 1. The van der Waals surface area contributed by atoms with Gasteiger partial charge in [0.05, 0.1) is 5.02 Å². The molecule has 2 atom stereocenters. The molecule has 0 radical (unpaired) electrons. The molecule has 1 aliphatic heterocycles. The van der Waals surface area contributed by atoms with Crippen LogP contribution in [0.5, 0.6) is 5.75 Å². The van der Waals surface area contributed by atoms with Crippen molar-refractivity contribution in [1.82, 2.24) is 15.5 Å². The normalized spacial score (nSPS) is 19.0. The molecule has 1 amide bonds. The molecule has 1 fully saturated rings. The third-order valence-corrected chi connectivity index (χ3v) is 4.10. The third-order valence-electron chi connectivity index (χ3n) is 3.31. The summed E-state index contributed by atoms with van der Waals surface area (Å²) in [5.74, 6) is 1.35. The topological polar surface area (TPSA) is 77.2 Å². The van der Waals surface area contributed by atoms with E-state index in [4.69, 9.17) is 20.9 Å². The Bertz CT molecular complexity index is 706. The summed E-state index contributed by atoms with van der Waals surface area (Å²) in [4.78, 5) is 15.5. The summed E-state index contributed by atoms with van der Waals surface area (Å²) in [7, 11) is 0. The lowest BCUT2D eigenvalue weighted by Gasteiger charge is -2.12. The standard InChI is InChI=1S/C14H13BrClN3O3/c1-7(21-11-4-2-8(15)6-9(11)16)13-18-14(22-19-13)10-3-5-12(20)17-10/h2,4,6-7,10H,3,5H2,1H3,(H,17,20)/t7?,10-/m0/s1. The van der Waals surface area contributed by atoms with Gasteiger partial charge >= 0.3 is 0 Å². The molecule has 3 rings (SSSR count). The van der Waals surface area contributed by atoms with E-state index in [0.29, 0.717) is 35.3 Å². The van der Waals surface area contributed by atoms with Crippen LogP contribution in [0.25, 0.3) is 0 Å². The van der Waals surface area contributed by atoms with Crippen LogP contribution in [-0.2, 0) is 4.79 Å². The Morgan fingerprint density at radius 2 is 2.36 bits per heavy atom. The zero-order chi connectivity index (χ0) is 15.7. The molecular weight excluding hydrogens is 374 g/mol. The number of carbonyl (C=O) groups excluding carboxylic acids is 1. The van der Waals surface area contributed by atoms with Gasteiger partial charge in [-0.2, -0.15) is 4.98 Å². The van der Waals surface area contributed by atoms with Gasteiger partial charge in [0.15, 0.2) is 6.10 Å². The van der Waals surface area contributed by atoms with E-state index in [0.717, 1.165) is 4.47 Å². The molecule has 0 spiro atoms. The fraction of sp³-hybridized carbons (Fsp3) is 0.357. The highest BCUT2D eigenvalue weighted by atomic mass is 79.9. The molecule has 2 aromatic rings. The summed E-state index contributed by atoms with van der Waals surface area (Å²) in [5.41, 5.74) is 0. The number of nitrogens with zero attached hydrogens (tertiary/aromatic N) is 2. The predicted molar refractivity (Wildman–Crippen MR) is 82.6 cm³/mol. The van der Waals surface area contributed by atoms with Gasteiger partial charge in [0.1, 0.15) is 11.8 Å². The lowest BCUT2D eigenvalue weighted by atomic mass is 10.2. The molecule has 1 N–H and O–H groups in total. The number of amides is 1. The number of hydrogen-bond acceptors (Lipinski definition) is 5. The molecule has 0 aliphatic carbocycles. The van der Waals surface area contributed by atoms with E-state index in [1.54, 1.807) is 19.1 Å². The number of aromatic nitrogens is 2. The fourth-order valence-corrected chi connectivity index (χ4v) is 2.89. The second-order valence-corrected chi connectivity index (χ2v) is 6.31. The Kier molecular flexibility index (Phi) is 4.35. The average molecular weight is 387 g/mol. The van der Waals surface area contributed by atoms with Crippen LogP contribution in [0.3, 0.4) is 0 Å². The van der Waals surface area contributed by atoms with Gasteiger partial charge in [-0.25, -0.2) is 0 Å².